The molecule has 9 nitrogen and oxygen atoms in total. The lowest BCUT2D eigenvalue weighted by Gasteiger charge is -2.56. The maximum Gasteiger partial charge on any atom is 0.161 e. The van der Waals surface area contributed by atoms with Crippen LogP contribution in [0.15, 0.2) is 73.2 Å². The molecule has 3 saturated heterocycles. The third-order valence-electron chi connectivity index (χ3n) is 7.77. The number of H-pyrrole nitrogens is 1. The maximum atomic E-state index is 4.83. The second-order valence-corrected chi connectivity index (χ2v) is 10.7. The Morgan fingerprint density at radius 1 is 0.949 bits per heavy atom. The number of benzene rings is 1. The van der Waals surface area contributed by atoms with Gasteiger partial charge in [-0.25, -0.2) is 19.6 Å². The van der Waals surface area contributed by atoms with Gasteiger partial charge in [-0.05, 0) is 68.3 Å². The summed E-state index contributed by atoms with van der Waals surface area (Å²) in [6, 6.07) is 20.1. The Bertz CT molecular complexity index is 1560. The first-order valence-corrected chi connectivity index (χ1v) is 13.5. The largest absolute Gasteiger partial charge is 0.353 e. The van der Waals surface area contributed by atoms with E-state index in [1.165, 1.54) is 12.0 Å². The minimum absolute atomic E-state index is 0.560. The molecule has 0 spiro atoms. The van der Waals surface area contributed by atoms with E-state index in [1.54, 1.807) is 6.20 Å². The molecule has 4 aromatic heterocycles. The molecule has 0 saturated carbocycles. The fourth-order valence-corrected chi connectivity index (χ4v) is 5.83. The number of nitrogens with one attached hydrogen (secondary N) is 1. The van der Waals surface area contributed by atoms with Crippen LogP contribution in [0.5, 0.6) is 0 Å². The van der Waals surface area contributed by atoms with Crippen LogP contribution in [0.25, 0.3) is 17.1 Å². The zero-order valence-electron chi connectivity index (χ0n) is 22.2. The van der Waals surface area contributed by atoms with Gasteiger partial charge >= 0.3 is 0 Å². The molecule has 2 unspecified atom stereocenters. The van der Waals surface area contributed by atoms with E-state index in [-0.39, 0.29) is 0 Å². The Kier molecular flexibility index (Phi) is 5.93. The Morgan fingerprint density at radius 2 is 1.79 bits per heavy atom. The van der Waals surface area contributed by atoms with Gasteiger partial charge in [-0.3, -0.25) is 10.00 Å². The van der Waals surface area contributed by atoms with Gasteiger partial charge in [-0.1, -0.05) is 12.1 Å². The lowest BCUT2D eigenvalue weighted by molar-refractivity contribution is -0.00867. The number of fused-ring (bicyclic) bond motifs is 2. The molecule has 3 aliphatic rings. The molecule has 0 radical (unpaired) electrons. The van der Waals surface area contributed by atoms with Gasteiger partial charge in [0, 0.05) is 73.7 Å². The van der Waals surface area contributed by atoms with Crippen molar-refractivity contribution in [3.05, 3.63) is 102 Å². The monoisotopic (exact) mass is 517 g/mol. The number of aromatic amines is 1. The zero-order chi connectivity index (χ0) is 26.3. The lowest BCUT2D eigenvalue weighted by atomic mass is 9.86. The summed E-state index contributed by atoms with van der Waals surface area (Å²) < 4.78 is 1.89. The van der Waals surface area contributed by atoms with Crippen LogP contribution in [0.4, 0.5) is 5.82 Å². The number of aryl methyl sites for hydroxylation is 2. The Hall–Kier alpha value is -4.37. The molecule has 1 N–H and O–H groups in total. The van der Waals surface area contributed by atoms with Crippen molar-refractivity contribution in [3.63, 3.8) is 0 Å². The number of aromatic nitrogens is 7. The molecule has 0 aliphatic carbocycles. The molecule has 7 heterocycles. The summed E-state index contributed by atoms with van der Waals surface area (Å²) in [4.78, 5) is 19.4. The fourth-order valence-electron chi connectivity index (χ4n) is 5.83. The summed E-state index contributed by atoms with van der Waals surface area (Å²) in [6.07, 6.45) is 7.62. The van der Waals surface area contributed by atoms with Crippen LogP contribution in [0.1, 0.15) is 34.8 Å². The Labute approximate surface area is 227 Å². The number of pyridine rings is 1. The zero-order valence-corrected chi connectivity index (χ0v) is 22.2. The summed E-state index contributed by atoms with van der Waals surface area (Å²) in [7, 11) is 0. The highest BCUT2D eigenvalue weighted by Gasteiger charge is 2.44. The van der Waals surface area contributed by atoms with Crippen LogP contribution < -0.4 is 4.90 Å². The predicted molar refractivity (Wildman–Crippen MR) is 150 cm³/mol. The first-order valence-electron chi connectivity index (χ1n) is 13.5. The first-order chi connectivity index (χ1) is 19.1. The van der Waals surface area contributed by atoms with Crippen LogP contribution in [0.3, 0.4) is 0 Å². The highest BCUT2D eigenvalue weighted by atomic mass is 15.4. The average Bonchev–Trinajstić information content (AvgIpc) is 3.64. The van der Waals surface area contributed by atoms with E-state index in [2.05, 4.69) is 72.5 Å². The normalized spacial score (nSPS) is 18.8. The lowest BCUT2D eigenvalue weighted by Crippen LogP contribution is -2.68. The van der Waals surface area contributed by atoms with E-state index in [0.717, 1.165) is 59.5 Å². The predicted octanol–water partition coefficient (Wildman–Crippen LogP) is 4.12. The van der Waals surface area contributed by atoms with Crippen LogP contribution in [0.2, 0.25) is 0 Å². The van der Waals surface area contributed by atoms with Crippen LogP contribution in [0, 0.1) is 13.8 Å². The molecule has 0 amide bonds. The molecular formula is C30H31N9. The summed E-state index contributed by atoms with van der Waals surface area (Å²) in [5.74, 6) is 1.74. The molecule has 39 heavy (non-hydrogen) atoms. The van der Waals surface area contributed by atoms with Gasteiger partial charge in [0.15, 0.2) is 5.82 Å². The number of hydrogen-bond donors (Lipinski definition) is 1. The van der Waals surface area contributed by atoms with Crippen molar-refractivity contribution in [2.75, 3.05) is 18.0 Å². The van der Waals surface area contributed by atoms with E-state index in [0.29, 0.717) is 24.3 Å². The smallest absolute Gasteiger partial charge is 0.161 e. The van der Waals surface area contributed by atoms with Crippen molar-refractivity contribution in [2.24, 2.45) is 0 Å². The maximum absolute atomic E-state index is 4.83. The first kappa shape index (κ1) is 23.7. The summed E-state index contributed by atoms with van der Waals surface area (Å²) in [5, 5.41) is 11.7. The summed E-state index contributed by atoms with van der Waals surface area (Å²) in [6.45, 7) is 7.00. The van der Waals surface area contributed by atoms with Crippen molar-refractivity contribution in [3.8, 4) is 17.1 Å². The van der Waals surface area contributed by atoms with Gasteiger partial charge in [0.05, 0.1) is 17.1 Å². The SMILES string of the molecule is Cc1cc(Cc2cc(C)[nH]n2)nc(-c2ccc(N3CC4CC(C3)N4Cc3ccc(-n4cccn4)cc3)nc2)n1. The van der Waals surface area contributed by atoms with Gasteiger partial charge in [0.1, 0.15) is 5.82 Å². The van der Waals surface area contributed by atoms with Crippen LogP contribution >= 0.6 is 0 Å². The highest BCUT2D eigenvalue weighted by Crippen LogP contribution is 2.35. The molecule has 9 heteroatoms. The van der Waals surface area contributed by atoms with Gasteiger partial charge in [0.2, 0.25) is 0 Å². The van der Waals surface area contributed by atoms with Crippen molar-refractivity contribution < 1.29 is 0 Å². The molecule has 5 aromatic rings. The van der Waals surface area contributed by atoms with E-state index >= 15 is 0 Å². The topological polar surface area (TPSA) is 91.7 Å². The minimum atomic E-state index is 0.560. The molecule has 2 atom stereocenters. The fraction of sp³-hybridized carbons (Fsp3) is 0.300. The van der Waals surface area contributed by atoms with E-state index in [9.17, 15) is 0 Å². The van der Waals surface area contributed by atoms with Gasteiger partial charge < -0.3 is 4.90 Å². The molecule has 196 valence electrons. The van der Waals surface area contributed by atoms with Crippen molar-refractivity contribution >= 4 is 5.82 Å². The number of piperidine rings is 1. The third kappa shape index (κ3) is 4.81. The van der Waals surface area contributed by atoms with Gasteiger partial charge in [-0.15, -0.1) is 0 Å². The quantitative estimate of drug-likeness (QED) is 0.347. The Morgan fingerprint density at radius 3 is 2.49 bits per heavy atom. The number of nitrogens with zero attached hydrogens (tertiary/aromatic N) is 8. The molecule has 3 fully saturated rings. The number of piperazine rings is 1. The van der Waals surface area contributed by atoms with E-state index in [4.69, 9.17) is 9.97 Å². The third-order valence-corrected chi connectivity index (χ3v) is 7.77. The van der Waals surface area contributed by atoms with Gasteiger partial charge in [0.25, 0.3) is 0 Å². The van der Waals surface area contributed by atoms with Crippen LogP contribution in [-0.2, 0) is 13.0 Å². The van der Waals surface area contributed by atoms with E-state index < -0.39 is 0 Å². The minimum Gasteiger partial charge on any atom is -0.353 e. The van der Waals surface area contributed by atoms with Crippen LogP contribution in [-0.4, -0.2) is 65.0 Å². The average molecular weight is 518 g/mol. The second kappa shape index (κ2) is 9.74. The van der Waals surface area contributed by atoms with Crippen molar-refractivity contribution in [2.45, 2.75) is 45.3 Å². The number of anilines is 1. The summed E-state index contributed by atoms with van der Waals surface area (Å²) >= 11 is 0. The molecular weight excluding hydrogens is 486 g/mol. The Balaban J connectivity index is 0.996. The standard InChI is InChI=1S/C30H31N9/c1-20-12-24(14-25-13-21(2)35-36-25)34-30(33-20)23-6-9-29(31-16-23)37-18-27-15-28(19-37)38(27)17-22-4-7-26(8-5-22)39-11-3-10-32-39/h3-13,16,27-28H,14-15,17-19H2,1-2H3,(H,35,36). The molecule has 3 aliphatic heterocycles. The van der Waals surface area contributed by atoms with E-state index in [1.807, 2.05) is 43.1 Å². The summed E-state index contributed by atoms with van der Waals surface area (Å²) in [5.41, 5.74) is 7.30. The van der Waals surface area contributed by atoms with Crippen molar-refractivity contribution in [1.29, 1.82) is 0 Å². The molecule has 8 rings (SSSR count). The number of rotatable bonds is 7. The molecule has 1 aromatic carbocycles. The number of hydrogen-bond acceptors (Lipinski definition) is 7. The highest BCUT2D eigenvalue weighted by molar-refractivity contribution is 5.57. The van der Waals surface area contributed by atoms with Crippen molar-refractivity contribution in [1.82, 2.24) is 39.8 Å². The molecule has 2 bridgehead atoms. The van der Waals surface area contributed by atoms with Gasteiger partial charge in [-0.2, -0.15) is 10.2 Å². The second-order valence-electron chi connectivity index (χ2n) is 10.7.